The number of carbonyl (C=O) groups excluding carboxylic acids is 1. The van der Waals surface area contributed by atoms with E-state index in [1.807, 2.05) is 41.0 Å². The highest BCUT2D eigenvalue weighted by molar-refractivity contribution is 7.98. The van der Waals surface area contributed by atoms with Gasteiger partial charge in [-0.3, -0.25) is 4.57 Å². The van der Waals surface area contributed by atoms with Crippen LogP contribution in [0.4, 0.5) is 0 Å². The van der Waals surface area contributed by atoms with E-state index in [-0.39, 0.29) is 5.76 Å². The van der Waals surface area contributed by atoms with Crippen LogP contribution in [0.1, 0.15) is 22.1 Å². The number of furan rings is 2. The molecule has 0 saturated heterocycles. The number of rotatable bonds is 8. The summed E-state index contributed by atoms with van der Waals surface area (Å²) in [4.78, 5) is 11.6. The third-order valence-electron chi connectivity index (χ3n) is 4.35. The predicted molar refractivity (Wildman–Crippen MR) is 109 cm³/mol. The number of carbonyl (C=O) groups is 1. The van der Waals surface area contributed by atoms with E-state index in [4.69, 9.17) is 13.6 Å². The Hall–Kier alpha value is -3.46. The molecule has 1 aromatic carbocycles. The fourth-order valence-electron chi connectivity index (χ4n) is 2.85. The van der Waals surface area contributed by atoms with Gasteiger partial charge in [0.15, 0.2) is 11.0 Å². The molecule has 0 spiro atoms. The summed E-state index contributed by atoms with van der Waals surface area (Å²) in [6.07, 6.45) is 1.64. The van der Waals surface area contributed by atoms with Crippen LogP contribution in [0.25, 0.3) is 11.4 Å². The van der Waals surface area contributed by atoms with E-state index >= 15 is 0 Å². The van der Waals surface area contributed by atoms with Crippen molar-refractivity contribution in [3.8, 4) is 17.1 Å². The van der Waals surface area contributed by atoms with Gasteiger partial charge in [-0.15, -0.1) is 10.2 Å². The fourth-order valence-corrected chi connectivity index (χ4v) is 3.68. The molecule has 9 heteroatoms. The smallest absolute Gasteiger partial charge is 0.373 e. The van der Waals surface area contributed by atoms with Gasteiger partial charge in [-0.25, -0.2) is 4.79 Å². The first-order valence-corrected chi connectivity index (χ1v) is 10.1. The molecule has 8 nitrogen and oxygen atoms in total. The second-order valence-electron chi connectivity index (χ2n) is 6.25. The molecular formula is C21H19N3O5S. The Morgan fingerprint density at radius 3 is 2.60 bits per heavy atom. The first kappa shape index (κ1) is 19.8. The Kier molecular flexibility index (Phi) is 5.89. The Bertz CT molecular complexity index is 1120. The highest BCUT2D eigenvalue weighted by atomic mass is 32.2. The van der Waals surface area contributed by atoms with Crippen molar-refractivity contribution in [3.63, 3.8) is 0 Å². The zero-order valence-electron chi connectivity index (χ0n) is 16.4. The maximum atomic E-state index is 11.6. The highest BCUT2D eigenvalue weighted by Crippen LogP contribution is 2.29. The molecule has 4 aromatic rings. The molecule has 0 atom stereocenters. The Morgan fingerprint density at radius 2 is 1.90 bits per heavy atom. The molecule has 0 fully saturated rings. The van der Waals surface area contributed by atoms with Crippen LogP contribution < -0.4 is 4.74 Å². The molecule has 0 aliphatic heterocycles. The molecule has 0 N–H and O–H groups in total. The molecule has 154 valence electrons. The number of aromatic nitrogens is 3. The number of hydrogen-bond donors (Lipinski definition) is 0. The van der Waals surface area contributed by atoms with Gasteiger partial charge in [-0.05, 0) is 48.5 Å². The van der Waals surface area contributed by atoms with Crippen LogP contribution >= 0.6 is 11.8 Å². The normalized spacial score (nSPS) is 10.9. The molecule has 0 aliphatic carbocycles. The van der Waals surface area contributed by atoms with Crippen LogP contribution in [0.3, 0.4) is 0 Å². The summed E-state index contributed by atoms with van der Waals surface area (Å²) in [7, 11) is 2.94. The van der Waals surface area contributed by atoms with Gasteiger partial charge in [0, 0.05) is 5.56 Å². The topological polar surface area (TPSA) is 92.5 Å². The third-order valence-corrected chi connectivity index (χ3v) is 5.34. The van der Waals surface area contributed by atoms with Crippen LogP contribution in [-0.4, -0.2) is 35.0 Å². The van der Waals surface area contributed by atoms with Crippen molar-refractivity contribution < 1.29 is 23.1 Å². The Labute approximate surface area is 176 Å². The number of hydrogen-bond acceptors (Lipinski definition) is 8. The van der Waals surface area contributed by atoms with Crippen molar-refractivity contribution in [3.05, 3.63) is 72.1 Å². The summed E-state index contributed by atoms with van der Waals surface area (Å²) in [6, 6.07) is 14.7. The summed E-state index contributed by atoms with van der Waals surface area (Å²) >= 11 is 1.45. The first-order valence-electron chi connectivity index (χ1n) is 9.07. The minimum atomic E-state index is -0.506. The van der Waals surface area contributed by atoms with Crippen molar-refractivity contribution in [2.75, 3.05) is 14.2 Å². The monoisotopic (exact) mass is 425 g/mol. The highest BCUT2D eigenvalue weighted by Gasteiger charge is 2.17. The van der Waals surface area contributed by atoms with Gasteiger partial charge in [0.05, 0.1) is 32.8 Å². The first-order chi connectivity index (χ1) is 14.7. The Balaban J connectivity index is 1.59. The molecule has 0 unspecified atom stereocenters. The van der Waals surface area contributed by atoms with E-state index in [2.05, 4.69) is 14.9 Å². The number of ether oxygens (including phenoxy) is 2. The maximum Gasteiger partial charge on any atom is 0.373 e. The Morgan fingerprint density at radius 1 is 1.07 bits per heavy atom. The zero-order chi connectivity index (χ0) is 20.9. The molecule has 30 heavy (non-hydrogen) atoms. The molecular weight excluding hydrogens is 406 g/mol. The summed E-state index contributed by atoms with van der Waals surface area (Å²) in [5, 5.41) is 9.45. The lowest BCUT2D eigenvalue weighted by Gasteiger charge is -2.09. The number of nitrogens with zero attached hydrogens (tertiary/aromatic N) is 3. The van der Waals surface area contributed by atoms with Crippen molar-refractivity contribution in [1.82, 2.24) is 14.8 Å². The van der Waals surface area contributed by atoms with Crippen LogP contribution in [0, 0.1) is 0 Å². The van der Waals surface area contributed by atoms with Gasteiger partial charge in [-0.2, -0.15) is 0 Å². The largest absolute Gasteiger partial charge is 0.497 e. The van der Waals surface area contributed by atoms with E-state index in [1.165, 1.54) is 18.9 Å². The lowest BCUT2D eigenvalue weighted by atomic mass is 10.2. The van der Waals surface area contributed by atoms with E-state index < -0.39 is 5.97 Å². The van der Waals surface area contributed by atoms with E-state index in [9.17, 15) is 4.79 Å². The maximum absolute atomic E-state index is 11.6. The zero-order valence-corrected chi connectivity index (χ0v) is 17.2. The molecule has 0 radical (unpaired) electrons. The van der Waals surface area contributed by atoms with Crippen LogP contribution in [0.2, 0.25) is 0 Å². The van der Waals surface area contributed by atoms with Crippen LogP contribution in [-0.2, 0) is 17.0 Å². The van der Waals surface area contributed by atoms with Gasteiger partial charge >= 0.3 is 5.97 Å². The van der Waals surface area contributed by atoms with E-state index in [1.54, 1.807) is 25.5 Å². The lowest BCUT2D eigenvalue weighted by molar-refractivity contribution is 0.0563. The second-order valence-corrected chi connectivity index (χ2v) is 7.19. The third kappa shape index (κ3) is 4.25. The lowest BCUT2D eigenvalue weighted by Crippen LogP contribution is -2.03. The average molecular weight is 425 g/mol. The van der Waals surface area contributed by atoms with Crippen molar-refractivity contribution in [2.45, 2.75) is 17.5 Å². The quantitative estimate of drug-likeness (QED) is 0.305. The minimum absolute atomic E-state index is 0.170. The standard InChI is InChI=1S/C21H19N3O5S/c1-26-15-7-5-14(6-8-15)19-22-23-21(24(19)12-16-4-3-11-28-16)30-13-17-9-10-18(29-17)20(25)27-2/h3-11H,12-13H2,1-2H3. The SMILES string of the molecule is COC(=O)c1ccc(CSc2nnc(-c3ccc(OC)cc3)n2Cc2ccco2)o1. The molecule has 0 amide bonds. The van der Waals surface area contributed by atoms with Gasteiger partial charge in [-0.1, -0.05) is 11.8 Å². The summed E-state index contributed by atoms with van der Waals surface area (Å²) < 4.78 is 22.9. The average Bonchev–Trinajstić information content (AvgIpc) is 3.54. The molecule has 0 bridgehead atoms. The number of thioether (sulfide) groups is 1. The molecule has 0 saturated carbocycles. The van der Waals surface area contributed by atoms with E-state index in [0.717, 1.165) is 17.1 Å². The van der Waals surface area contributed by atoms with E-state index in [0.29, 0.717) is 29.0 Å². The predicted octanol–water partition coefficient (Wildman–Crippen LogP) is 4.27. The number of methoxy groups -OCH3 is 2. The van der Waals surface area contributed by atoms with Gasteiger partial charge in [0.2, 0.25) is 5.76 Å². The van der Waals surface area contributed by atoms with Gasteiger partial charge in [0.1, 0.15) is 17.3 Å². The fraction of sp³-hybridized carbons (Fsp3) is 0.190. The summed E-state index contributed by atoms with van der Waals surface area (Å²) in [6.45, 7) is 0.481. The van der Waals surface area contributed by atoms with Crippen molar-refractivity contribution in [2.24, 2.45) is 0 Å². The van der Waals surface area contributed by atoms with Crippen LogP contribution in [0.5, 0.6) is 5.75 Å². The summed E-state index contributed by atoms with van der Waals surface area (Å²) in [5.41, 5.74) is 0.910. The molecule has 0 aliphatic rings. The minimum Gasteiger partial charge on any atom is -0.497 e. The molecule has 3 aromatic heterocycles. The van der Waals surface area contributed by atoms with Crippen molar-refractivity contribution in [1.29, 1.82) is 0 Å². The van der Waals surface area contributed by atoms with Gasteiger partial charge < -0.3 is 18.3 Å². The van der Waals surface area contributed by atoms with Crippen LogP contribution in [0.15, 0.2) is 68.8 Å². The number of benzene rings is 1. The summed E-state index contributed by atoms with van der Waals surface area (Å²) in [5.74, 6) is 3.06. The van der Waals surface area contributed by atoms with Gasteiger partial charge in [0.25, 0.3) is 0 Å². The second kappa shape index (κ2) is 8.91. The number of esters is 1. The molecule has 4 rings (SSSR count). The molecule has 3 heterocycles. The van der Waals surface area contributed by atoms with Crippen molar-refractivity contribution >= 4 is 17.7 Å².